The third-order valence-electron chi connectivity index (χ3n) is 4.29. The molecular formula is C18H15NO3S. The van der Waals surface area contributed by atoms with Crippen LogP contribution in [0.4, 0.5) is 0 Å². The molecule has 0 saturated carbocycles. The molecule has 4 rings (SSSR count). The molecule has 3 heterocycles. The maximum atomic E-state index is 12.8. The van der Waals surface area contributed by atoms with Gasteiger partial charge in [-0.15, -0.1) is 11.3 Å². The Morgan fingerprint density at radius 2 is 2.09 bits per heavy atom. The van der Waals surface area contributed by atoms with E-state index in [-0.39, 0.29) is 11.5 Å². The van der Waals surface area contributed by atoms with E-state index < -0.39 is 0 Å². The molecule has 23 heavy (non-hydrogen) atoms. The number of benzene rings is 1. The number of fused-ring (bicyclic) bond motifs is 2. The zero-order valence-corrected chi connectivity index (χ0v) is 13.5. The second kappa shape index (κ2) is 5.35. The van der Waals surface area contributed by atoms with Crippen molar-refractivity contribution in [1.82, 2.24) is 4.57 Å². The fourth-order valence-electron chi connectivity index (χ4n) is 3.19. The molecule has 0 aliphatic carbocycles. The number of ether oxygens (including phenoxy) is 1. The molecule has 0 fully saturated rings. The topological polar surface area (TPSA) is 48.3 Å². The van der Waals surface area contributed by atoms with Crippen molar-refractivity contribution in [2.24, 2.45) is 0 Å². The zero-order chi connectivity index (χ0) is 16.0. The van der Waals surface area contributed by atoms with Crippen LogP contribution in [0.2, 0.25) is 0 Å². The van der Waals surface area contributed by atoms with Crippen LogP contribution in [0.25, 0.3) is 20.5 Å². The van der Waals surface area contributed by atoms with E-state index in [0.29, 0.717) is 17.7 Å². The monoisotopic (exact) mass is 325 g/mol. The third-order valence-corrected chi connectivity index (χ3v) is 5.44. The lowest BCUT2D eigenvalue weighted by molar-refractivity contribution is 0.0598. The molecule has 1 aliphatic heterocycles. The number of carbonyl (C=O) groups excluding carboxylic acids is 1. The van der Waals surface area contributed by atoms with E-state index in [1.54, 1.807) is 22.0 Å². The summed E-state index contributed by atoms with van der Waals surface area (Å²) in [4.78, 5) is 25.8. The summed E-state index contributed by atoms with van der Waals surface area (Å²) in [5.41, 5.74) is 1.87. The smallest absolute Gasteiger partial charge is 0.339 e. The number of hydrogen-bond acceptors (Lipinski definition) is 4. The van der Waals surface area contributed by atoms with Crippen LogP contribution in [0.15, 0.2) is 41.2 Å². The van der Waals surface area contributed by atoms with Crippen molar-refractivity contribution in [2.75, 3.05) is 7.11 Å². The van der Waals surface area contributed by atoms with E-state index in [2.05, 4.69) is 0 Å². The largest absolute Gasteiger partial charge is 0.465 e. The third kappa shape index (κ3) is 2.19. The van der Waals surface area contributed by atoms with Gasteiger partial charge >= 0.3 is 5.97 Å². The Kier molecular flexibility index (Phi) is 3.31. The van der Waals surface area contributed by atoms with E-state index in [1.807, 2.05) is 30.3 Å². The highest BCUT2D eigenvalue weighted by Gasteiger charge is 2.24. The number of rotatable bonds is 2. The highest BCUT2D eigenvalue weighted by Crippen LogP contribution is 2.33. The molecule has 0 unspecified atom stereocenters. The molecule has 1 aromatic carbocycles. The number of nitrogens with zero attached hydrogens (tertiary/aromatic N) is 1. The minimum absolute atomic E-state index is 0.0169. The van der Waals surface area contributed by atoms with Crippen LogP contribution in [-0.2, 0) is 17.7 Å². The zero-order valence-electron chi connectivity index (χ0n) is 12.7. The summed E-state index contributed by atoms with van der Waals surface area (Å²) in [6.07, 6.45) is 1.63. The highest BCUT2D eigenvalue weighted by atomic mass is 32.1. The Morgan fingerprint density at radius 1 is 1.26 bits per heavy atom. The molecule has 3 aromatic rings. The second-order valence-corrected chi connectivity index (χ2v) is 6.70. The van der Waals surface area contributed by atoms with Crippen molar-refractivity contribution >= 4 is 27.4 Å². The fourth-order valence-corrected chi connectivity index (χ4v) is 4.26. The lowest BCUT2D eigenvalue weighted by Gasteiger charge is -2.10. The first-order valence-electron chi connectivity index (χ1n) is 7.53. The molecule has 5 heteroatoms. The summed E-state index contributed by atoms with van der Waals surface area (Å²) in [6.45, 7) is 0.664. The molecule has 0 spiro atoms. The molecule has 4 nitrogen and oxygen atoms in total. The van der Waals surface area contributed by atoms with Crippen LogP contribution < -0.4 is 5.56 Å². The van der Waals surface area contributed by atoms with Gasteiger partial charge in [-0.2, -0.15) is 0 Å². The fraction of sp³-hybridized carbons (Fsp3) is 0.222. The Morgan fingerprint density at radius 3 is 2.87 bits per heavy atom. The summed E-state index contributed by atoms with van der Waals surface area (Å²) in [5.74, 6) is -0.377. The average molecular weight is 325 g/mol. The van der Waals surface area contributed by atoms with Crippen molar-refractivity contribution in [1.29, 1.82) is 0 Å². The minimum atomic E-state index is -0.377. The molecule has 0 saturated heterocycles. The van der Waals surface area contributed by atoms with Crippen LogP contribution in [-0.4, -0.2) is 17.6 Å². The summed E-state index contributed by atoms with van der Waals surface area (Å²) in [5, 5.41) is 1.11. The van der Waals surface area contributed by atoms with Crippen molar-refractivity contribution in [3.63, 3.8) is 0 Å². The Labute approximate surface area is 136 Å². The van der Waals surface area contributed by atoms with Crippen molar-refractivity contribution in [3.05, 3.63) is 58.0 Å². The van der Waals surface area contributed by atoms with Gasteiger partial charge in [0.25, 0.3) is 5.56 Å². The molecule has 0 bridgehead atoms. The van der Waals surface area contributed by atoms with Crippen molar-refractivity contribution < 1.29 is 9.53 Å². The van der Waals surface area contributed by atoms with Gasteiger partial charge in [0, 0.05) is 21.8 Å². The predicted octanol–water partition coefficient (Wildman–Crippen LogP) is 3.46. The van der Waals surface area contributed by atoms with Crippen molar-refractivity contribution in [2.45, 2.75) is 19.4 Å². The Bertz CT molecular complexity index is 951. The number of hydrogen-bond donors (Lipinski definition) is 0. The van der Waals surface area contributed by atoms with Crippen LogP contribution in [0.1, 0.15) is 22.5 Å². The van der Waals surface area contributed by atoms with Gasteiger partial charge in [-0.1, -0.05) is 18.2 Å². The van der Waals surface area contributed by atoms with Gasteiger partial charge < -0.3 is 9.30 Å². The molecule has 116 valence electrons. The van der Waals surface area contributed by atoms with E-state index in [1.165, 1.54) is 7.11 Å². The Hall–Kier alpha value is -2.40. The molecule has 0 radical (unpaired) electrons. The van der Waals surface area contributed by atoms with E-state index in [4.69, 9.17) is 4.74 Å². The van der Waals surface area contributed by atoms with Crippen LogP contribution in [0, 0.1) is 0 Å². The Balaban J connectivity index is 1.98. The van der Waals surface area contributed by atoms with E-state index in [9.17, 15) is 9.59 Å². The molecule has 0 amide bonds. The molecule has 0 N–H and O–H groups in total. The standard InChI is InChI=1S/C18H15NO3S/c1-22-18(21)12-10-13(17(20)19-8-4-6-14(12)19)16-9-11-5-2-3-7-15(11)23-16/h2-3,5,7,9-10H,4,6,8H2,1H3. The number of thiophene rings is 1. The average Bonchev–Trinajstić information content (AvgIpc) is 3.21. The number of pyridine rings is 1. The minimum Gasteiger partial charge on any atom is -0.465 e. The van der Waals surface area contributed by atoms with Gasteiger partial charge in [0.05, 0.1) is 18.2 Å². The van der Waals surface area contributed by atoms with E-state index in [0.717, 1.165) is 33.5 Å². The van der Waals surface area contributed by atoms with E-state index >= 15 is 0 Å². The van der Waals surface area contributed by atoms with Gasteiger partial charge in [0.2, 0.25) is 0 Å². The summed E-state index contributed by atoms with van der Waals surface area (Å²) < 4.78 is 7.76. The van der Waals surface area contributed by atoms with Crippen LogP contribution in [0.3, 0.4) is 0 Å². The quantitative estimate of drug-likeness (QED) is 0.678. The highest BCUT2D eigenvalue weighted by molar-refractivity contribution is 7.22. The first kappa shape index (κ1) is 14.2. The number of methoxy groups -OCH3 is 1. The van der Waals surface area contributed by atoms with Gasteiger partial charge in [0.15, 0.2) is 0 Å². The van der Waals surface area contributed by atoms with Gasteiger partial charge in [0.1, 0.15) is 0 Å². The summed E-state index contributed by atoms with van der Waals surface area (Å²) in [6, 6.07) is 11.7. The SMILES string of the molecule is COC(=O)c1cc(-c2cc3ccccc3s2)c(=O)n2c1CCC2. The molecular weight excluding hydrogens is 310 g/mol. The number of esters is 1. The lowest BCUT2D eigenvalue weighted by atomic mass is 10.1. The maximum absolute atomic E-state index is 12.8. The summed E-state index contributed by atoms with van der Waals surface area (Å²) >= 11 is 1.57. The maximum Gasteiger partial charge on any atom is 0.339 e. The first-order valence-corrected chi connectivity index (χ1v) is 8.34. The second-order valence-electron chi connectivity index (χ2n) is 5.62. The molecule has 1 aliphatic rings. The normalized spacial score (nSPS) is 13.3. The van der Waals surface area contributed by atoms with Gasteiger partial charge in [-0.05, 0) is 36.4 Å². The predicted molar refractivity (Wildman–Crippen MR) is 91.2 cm³/mol. The molecule has 2 aromatic heterocycles. The number of aromatic nitrogens is 1. The van der Waals surface area contributed by atoms with Crippen LogP contribution in [0.5, 0.6) is 0 Å². The lowest BCUT2D eigenvalue weighted by Crippen LogP contribution is -2.24. The summed E-state index contributed by atoms with van der Waals surface area (Å²) in [7, 11) is 1.37. The first-order chi connectivity index (χ1) is 11.2. The number of carbonyl (C=O) groups is 1. The van der Waals surface area contributed by atoms with Gasteiger partial charge in [-0.25, -0.2) is 4.79 Å². The van der Waals surface area contributed by atoms with Gasteiger partial charge in [-0.3, -0.25) is 4.79 Å². The van der Waals surface area contributed by atoms with Crippen molar-refractivity contribution in [3.8, 4) is 10.4 Å². The molecule has 0 atom stereocenters. The van der Waals surface area contributed by atoms with Crippen LogP contribution >= 0.6 is 11.3 Å².